The molecule has 0 fully saturated rings. The van der Waals surface area contributed by atoms with Crippen molar-refractivity contribution >= 4 is 27.4 Å². The summed E-state index contributed by atoms with van der Waals surface area (Å²) >= 11 is 3.41. The molecule has 5 heteroatoms. The van der Waals surface area contributed by atoms with E-state index in [0.717, 1.165) is 21.5 Å². The van der Waals surface area contributed by atoms with Crippen molar-refractivity contribution in [3.63, 3.8) is 0 Å². The molecule has 0 bridgehead atoms. The number of hydrogen-bond acceptors (Lipinski definition) is 4. The molecular weight excluding hydrogens is 280 g/mol. The van der Waals surface area contributed by atoms with Crippen LogP contribution in [0.1, 0.15) is 11.3 Å². The Bertz CT molecular complexity index is 510. The first-order chi connectivity index (χ1) is 8.15. The second kappa shape index (κ2) is 5.14. The van der Waals surface area contributed by atoms with Gasteiger partial charge in [-0.3, -0.25) is 4.98 Å². The third-order valence-electron chi connectivity index (χ3n) is 2.29. The minimum absolute atomic E-state index is 0.638. The second-order valence-electron chi connectivity index (χ2n) is 3.76. The fraction of sp³-hybridized carbons (Fsp3) is 0.167. The number of aromatic nitrogens is 2. The van der Waals surface area contributed by atoms with Crippen LogP contribution >= 0.6 is 15.9 Å². The summed E-state index contributed by atoms with van der Waals surface area (Å²) in [6, 6.07) is 5.85. The summed E-state index contributed by atoms with van der Waals surface area (Å²) < 4.78 is 0.859. The monoisotopic (exact) mass is 292 g/mol. The van der Waals surface area contributed by atoms with Crippen molar-refractivity contribution in [2.75, 3.05) is 11.1 Å². The molecule has 0 saturated heterocycles. The quantitative estimate of drug-likeness (QED) is 0.913. The third kappa shape index (κ3) is 3.17. The molecule has 17 heavy (non-hydrogen) atoms. The molecule has 0 aliphatic carbocycles. The fourth-order valence-electron chi connectivity index (χ4n) is 1.37. The smallest absolute Gasteiger partial charge is 0.140 e. The van der Waals surface area contributed by atoms with Crippen LogP contribution in [0.4, 0.5) is 11.5 Å². The van der Waals surface area contributed by atoms with Gasteiger partial charge >= 0.3 is 0 Å². The average Bonchev–Trinajstić information content (AvgIpc) is 2.30. The lowest BCUT2D eigenvalue weighted by Gasteiger charge is -2.08. The maximum atomic E-state index is 5.62. The Morgan fingerprint density at radius 1 is 1.29 bits per heavy atom. The molecule has 0 aliphatic rings. The summed E-state index contributed by atoms with van der Waals surface area (Å²) in [5.74, 6) is 0.778. The first-order valence-electron chi connectivity index (χ1n) is 5.21. The molecule has 0 unspecified atom stereocenters. The van der Waals surface area contributed by atoms with Gasteiger partial charge in [0.1, 0.15) is 5.82 Å². The average molecular weight is 293 g/mol. The predicted molar refractivity (Wildman–Crippen MR) is 72.7 cm³/mol. The minimum atomic E-state index is 0.638. The van der Waals surface area contributed by atoms with Crippen LogP contribution in [-0.2, 0) is 6.54 Å². The van der Waals surface area contributed by atoms with Crippen molar-refractivity contribution < 1.29 is 0 Å². The van der Waals surface area contributed by atoms with Crippen LogP contribution in [-0.4, -0.2) is 9.97 Å². The molecular formula is C12H13BrN4. The van der Waals surface area contributed by atoms with Crippen molar-refractivity contribution in [2.24, 2.45) is 0 Å². The van der Waals surface area contributed by atoms with Crippen LogP contribution in [0, 0.1) is 6.92 Å². The summed E-state index contributed by atoms with van der Waals surface area (Å²) in [4.78, 5) is 8.44. The molecule has 2 aromatic heterocycles. The number of anilines is 2. The number of nitrogens with one attached hydrogen (secondary N) is 1. The van der Waals surface area contributed by atoms with E-state index in [2.05, 4.69) is 31.2 Å². The Balaban J connectivity index is 2.04. The Morgan fingerprint density at radius 3 is 2.76 bits per heavy atom. The van der Waals surface area contributed by atoms with Gasteiger partial charge in [0.05, 0.1) is 16.4 Å². The highest BCUT2D eigenvalue weighted by Gasteiger charge is 2.01. The lowest BCUT2D eigenvalue weighted by Crippen LogP contribution is -2.03. The largest absolute Gasteiger partial charge is 0.397 e. The molecule has 0 saturated carbocycles. The zero-order valence-corrected chi connectivity index (χ0v) is 11.0. The zero-order valence-electron chi connectivity index (χ0n) is 9.44. The first kappa shape index (κ1) is 11.9. The maximum Gasteiger partial charge on any atom is 0.140 e. The molecule has 0 aliphatic heterocycles. The Labute approximate surface area is 108 Å². The summed E-state index contributed by atoms with van der Waals surface area (Å²) in [6.07, 6.45) is 3.48. The molecule has 0 radical (unpaired) electrons. The lowest BCUT2D eigenvalue weighted by molar-refractivity contribution is 1.06. The molecule has 2 aromatic rings. The molecule has 0 spiro atoms. The van der Waals surface area contributed by atoms with E-state index in [1.807, 2.05) is 31.3 Å². The number of halogens is 1. The van der Waals surface area contributed by atoms with Gasteiger partial charge in [-0.05, 0) is 40.5 Å². The summed E-state index contributed by atoms with van der Waals surface area (Å²) in [7, 11) is 0. The van der Waals surface area contributed by atoms with E-state index in [1.54, 1.807) is 6.20 Å². The number of pyridine rings is 2. The molecule has 2 rings (SSSR count). The normalized spacial score (nSPS) is 10.2. The lowest BCUT2D eigenvalue weighted by atomic mass is 10.2. The van der Waals surface area contributed by atoms with Crippen LogP contribution in [0.15, 0.2) is 35.1 Å². The molecule has 4 nitrogen and oxygen atoms in total. The minimum Gasteiger partial charge on any atom is -0.397 e. The van der Waals surface area contributed by atoms with Gasteiger partial charge in [0.25, 0.3) is 0 Å². The van der Waals surface area contributed by atoms with E-state index in [0.29, 0.717) is 12.2 Å². The van der Waals surface area contributed by atoms with Gasteiger partial charge in [-0.15, -0.1) is 0 Å². The highest BCUT2D eigenvalue weighted by molar-refractivity contribution is 9.10. The van der Waals surface area contributed by atoms with E-state index < -0.39 is 0 Å². The summed E-state index contributed by atoms with van der Waals surface area (Å²) in [5.41, 5.74) is 8.39. The SMILES string of the molecule is Cc1ccc(CNc2ncc(N)cc2Br)cn1. The van der Waals surface area contributed by atoms with E-state index in [4.69, 9.17) is 5.73 Å². The topological polar surface area (TPSA) is 63.8 Å². The van der Waals surface area contributed by atoms with Gasteiger partial charge in [0.2, 0.25) is 0 Å². The number of nitrogen functional groups attached to an aromatic ring is 1. The van der Waals surface area contributed by atoms with Crippen molar-refractivity contribution in [3.8, 4) is 0 Å². The van der Waals surface area contributed by atoms with Gasteiger partial charge in [0.15, 0.2) is 0 Å². The number of rotatable bonds is 3. The summed E-state index contributed by atoms with van der Waals surface area (Å²) in [5, 5.41) is 3.22. The van der Waals surface area contributed by atoms with Gasteiger partial charge < -0.3 is 11.1 Å². The van der Waals surface area contributed by atoms with E-state index in [1.165, 1.54) is 0 Å². The second-order valence-corrected chi connectivity index (χ2v) is 4.61. The summed E-state index contributed by atoms with van der Waals surface area (Å²) in [6.45, 7) is 2.65. The standard InChI is InChI=1S/C12H13BrN4/c1-8-2-3-9(5-15-8)6-16-12-11(13)4-10(14)7-17-12/h2-5,7H,6,14H2,1H3,(H,16,17). The highest BCUT2D eigenvalue weighted by atomic mass is 79.9. The van der Waals surface area contributed by atoms with E-state index in [9.17, 15) is 0 Å². The fourth-order valence-corrected chi connectivity index (χ4v) is 1.88. The zero-order chi connectivity index (χ0) is 12.3. The first-order valence-corrected chi connectivity index (χ1v) is 6.01. The van der Waals surface area contributed by atoms with Crippen molar-refractivity contribution in [3.05, 3.63) is 46.3 Å². The molecule has 0 atom stereocenters. The third-order valence-corrected chi connectivity index (χ3v) is 2.90. The van der Waals surface area contributed by atoms with Crippen LogP contribution < -0.4 is 11.1 Å². The van der Waals surface area contributed by atoms with E-state index >= 15 is 0 Å². The van der Waals surface area contributed by atoms with Crippen molar-refractivity contribution in [1.29, 1.82) is 0 Å². The Morgan fingerprint density at radius 2 is 2.12 bits per heavy atom. The van der Waals surface area contributed by atoms with Crippen LogP contribution in [0.2, 0.25) is 0 Å². The number of aryl methyl sites for hydroxylation is 1. The molecule has 0 aromatic carbocycles. The molecule has 0 amide bonds. The van der Waals surface area contributed by atoms with Crippen LogP contribution in [0.3, 0.4) is 0 Å². The molecule has 88 valence electrons. The highest BCUT2D eigenvalue weighted by Crippen LogP contribution is 2.22. The van der Waals surface area contributed by atoms with E-state index in [-0.39, 0.29) is 0 Å². The Hall–Kier alpha value is -1.62. The number of nitrogens with two attached hydrogens (primary N) is 1. The molecule has 3 N–H and O–H groups in total. The van der Waals surface area contributed by atoms with Gasteiger partial charge in [-0.2, -0.15) is 0 Å². The Kier molecular flexibility index (Phi) is 3.58. The molecule has 2 heterocycles. The maximum absolute atomic E-state index is 5.62. The van der Waals surface area contributed by atoms with Gasteiger partial charge in [-0.25, -0.2) is 4.98 Å². The number of nitrogens with zero attached hydrogens (tertiary/aromatic N) is 2. The van der Waals surface area contributed by atoms with Gasteiger partial charge in [-0.1, -0.05) is 6.07 Å². The predicted octanol–water partition coefficient (Wildman–Crippen LogP) is 2.74. The number of hydrogen-bond donors (Lipinski definition) is 2. The van der Waals surface area contributed by atoms with Crippen LogP contribution in [0.5, 0.6) is 0 Å². The van der Waals surface area contributed by atoms with Crippen molar-refractivity contribution in [2.45, 2.75) is 13.5 Å². The van der Waals surface area contributed by atoms with Crippen LogP contribution in [0.25, 0.3) is 0 Å². The van der Waals surface area contributed by atoms with Crippen molar-refractivity contribution in [1.82, 2.24) is 9.97 Å². The van der Waals surface area contributed by atoms with Gasteiger partial charge in [0, 0.05) is 18.4 Å².